The smallest absolute Gasteiger partial charge is 0.312 e. The van der Waals surface area contributed by atoms with E-state index >= 15 is 0 Å². The molecule has 0 amide bonds. The van der Waals surface area contributed by atoms with Crippen LogP contribution in [0.2, 0.25) is 0 Å². The largest absolute Gasteiger partial charge is 0.497 e. The predicted molar refractivity (Wildman–Crippen MR) is 138 cm³/mol. The summed E-state index contributed by atoms with van der Waals surface area (Å²) in [6.45, 7) is 4.07. The van der Waals surface area contributed by atoms with Crippen LogP contribution in [0.3, 0.4) is 0 Å². The van der Waals surface area contributed by atoms with Crippen molar-refractivity contribution in [3.8, 4) is 11.5 Å². The molecule has 0 unspecified atom stereocenters. The fourth-order valence-electron chi connectivity index (χ4n) is 5.10. The van der Waals surface area contributed by atoms with E-state index in [1.165, 1.54) is 6.20 Å². The molecule has 0 bridgehead atoms. The Morgan fingerprint density at radius 3 is 2.61 bits per heavy atom. The maximum absolute atomic E-state index is 14.8. The Labute approximate surface area is 220 Å². The van der Waals surface area contributed by atoms with E-state index in [0.717, 1.165) is 18.2 Å². The van der Waals surface area contributed by atoms with E-state index in [-0.39, 0.29) is 24.1 Å². The van der Waals surface area contributed by atoms with Crippen LogP contribution in [0.5, 0.6) is 11.5 Å². The van der Waals surface area contributed by atoms with Gasteiger partial charge in [-0.2, -0.15) is 0 Å². The van der Waals surface area contributed by atoms with E-state index in [1.807, 2.05) is 0 Å². The average molecular weight is 531 g/mol. The number of aromatic nitrogens is 1. The first-order valence-electron chi connectivity index (χ1n) is 12.9. The molecule has 0 saturated carbocycles. The van der Waals surface area contributed by atoms with Crippen molar-refractivity contribution in [3.63, 3.8) is 0 Å². The summed E-state index contributed by atoms with van der Waals surface area (Å²) < 4.78 is 58.1. The van der Waals surface area contributed by atoms with Crippen LogP contribution in [0.25, 0.3) is 10.9 Å². The van der Waals surface area contributed by atoms with Gasteiger partial charge in [0, 0.05) is 18.0 Å². The summed E-state index contributed by atoms with van der Waals surface area (Å²) in [6, 6.07) is 8.50. The molecular formula is C29H33F3N2O4. The molecule has 1 saturated heterocycles. The number of halogens is 3. The lowest BCUT2D eigenvalue weighted by atomic mass is 9.74. The number of hydrogen-bond donors (Lipinski definition) is 0. The molecule has 0 spiro atoms. The Morgan fingerprint density at radius 1 is 1.08 bits per heavy atom. The number of esters is 1. The Hall–Kier alpha value is -3.33. The van der Waals surface area contributed by atoms with Gasteiger partial charge in [0.15, 0.2) is 11.6 Å². The van der Waals surface area contributed by atoms with Gasteiger partial charge in [0.1, 0.15) is 24.0 Å². The highest BCUT2D eigenvalue weighted by molar-refractivity contribution is 5.83. The number of aryl methyl sites for hydroxylation is 1. The van der Waals surface area contributed by atoms with Gasteiger partial charge < -0.3 is 14.2 Å². The zero-order valence-electron chi connectivity index (χ0n) is 21.8. The number of rotatable bonds is 11. The van der Waals surface area contributed by atoms with Gasteiger partial charge in [0.2, 0.25) is 0 Å². The zero-order chi connectivity index (χ0) is 27.1. The normalized spacial score (nSPS) is 15.4. The van der Waals surface area contributed by atoms with E-state index in [2.05, 4.69) is 9.88 Å². The number of nitrogens with zero attached hydrogens (tertiary/aromatic N) is 2. The van der Waals surface area contributed by atoms with Crippen molar-refractivity contribution in [1.82, 2.24) is 9.88 Å². The summed E-state index contributed by atoms with van der Waals surface area (Å²) >= 11 is 0. The van der Waals surface area contributed by atoms with Crippen LogP contribution in [0.15, 0.2) is 42.6 Å². The SMILES string of the molecule is CCOC(=O)C1(CCCc2c(F)cnc3ccc(OC)cc23)CCN(CCOc2cc(F)ccc2F)CC1. The van der Waals surface area contributed by atoms with Crippen molar-refractivity contribution in [3.05, 3.63) is 65.6 Å². The van der Waals surface area contributed by atoms with Gasteiger partial charge in [-0.3, -0.25) is 14.7 Å². The van der Waals surface area contributed by atoms with Gasteiger partial charge in [-0.25, -0.2) is 13.2 Å². The highest BCUT2D eigenvalue weighted by Crippen LogP contribution is 2.38. The molecule has 1 fully saturated rings. The summed E-state index contributed by atoms with van der Waals surface area (Å²) in [4.78, 5) is 19.4. The van der Waals surface area contributed by atoms with Gasteiger partial charge in [-0.15, -0.1) is 0 Å². The van der Waals surface area contributed by atoms with E-state index in [4.69, 9.17) is 14.2 Å². The fourth-order valence-corrected chi connectivity index (χ4v) is 5.10. The molecule has 204 valence electrons. The maximum atomic E-state index is 14.8. The van der Waals surface area contributed by atoms with Crippen molar-refractivity contribution in [2.75, 3.05) is 40.0 Å². The van der Waals surface area contributed by atoms with Crippen LogP contribution in [0.4, 0.5) is 13.2 Å². The van der Waals surface area contributed by atoms with Crippen LogP contribution in [0.1, 0.15) is 38.2 Å². The number of piperidine rings is 1. The summed E-state index contributed by atoms with van der Waals surface area (Å²) in [6.07, 6.45) is 4.05. The number of likely N-dealkylation sites (tertiary alicyclic amines) is 1. The third kappa shape index (κ3) is 6.38. The molecule has 0 N–H and O–H groups in total. The summed E-state index contributed by atoms with van der Waals surface area (Å²) in [7, 11) is 1.56. The number of hydrogen-bond acceptors (Lipinski definition) is 6. The number of methoxy groups -OCH3 is 1. The second kappa shape index (κ2) is 12.5. The molecular weight excluding hydrogens is 497 g/mol. The van der Waals surface area contributed by atoms with Crippen LogP contribution in [-0.2, 0) is 16.0 Å². The quantitative estimate of drug-likeness (QED) is 0.296. The number of carbonyl (C=O) groups is 1. The van der Waals surface area contributed by atoms with Crippen molar-refractivity contribution in [2.45, 2.75) is 39.0 Å². The van der Waals surface area contributed by atoms with Gasteiger partial charge in [0.05, 0.1) is 30.8 Å². The first kappa shape index (κ1) is 27.7. The first-order chi connectivity index (χ1) is 18.3. The Morgan fingerprint density at radius 2 is 1.87 bits per heavy atom. The topological polar surface area (TPSA) is 60.9 Å². The zero-order valence-corrected chi connectivity index (χ0v) is 21.8. The molecule has 2 heterocycles. The minimum atomic E-state index is -0.654. The van der Waals surface area contributed by atoms with E-state index < -0.39 is 17.0 Å². The van der Waals surface area contributed by atoms with E-state index in [0.29, 0.717) is 80.6 Å². The van der Waals surface area contributed by atoms with Gasteiger partial charge in [0.25, 0.3) is 0 Å². The first-order valence-corrected chi connectivity index (χ1v) is 12.9. The standard InChI is InChI=1S/C29H33F3N2O4/c1-3-37-28(35)29(10-4-5-22-23-18-21(36-2)7-9-26(23)33-19-25(22)32)11-13-34(14-12-29)15-16-38-27-17-20(30)6-8-24(27)31/h6-9,17-19H,3-5,10-16H2,1-2H3. The highest BCUT2D eigenvalue weighted by Gasteiger charge is 2.42. The van der Waals surface area contributed by atoms with Crippen LogP contribution < -0.4 is 9.47 Å². The van der Waals surface area contributed by atoms with Gasteiger partial charge in [-0.1, -0.05) is 0 Å². The molecule has 0 aliphatic carbocycles. The van der Waals surface area contributed by atoms with Gasteiger partial charge >= 0.3 is 5.97 Å². The summed E-state index contributed by atoms with van der Waals surface area (Å²) in [5, 5.41) is 0.707. The summed E-state index contributed by atoms with van der Waals surface area (Å²) in [5.41, 5.74) is 0.599. The molecule has 1 aromatic heterocycles. The number of carbonyl (C=O) groups excluding carboxylic acids is 1. The second-order valence-electron chi connectivity index (χ2n) is 9.59. The number of pyridine rings is 1. The van der Waals surface area contributed by atoms with Gasteiger partial charge in [-0.05, 0) is 88.0 Å². The molecule has 6 nitrogen and oxygen atoms in total. The Balaban J connectivity index is 1.37. The fraction of sp³-hybridized carbons (Fsp3) is 0.448. The van der Waals surface area contributed by atoms with E-state index in [9.17, 15) is 18.0 Å². The van der Waals surface area contributed by atoms with Crippen LogP contribution >= 0.6 is 0 Å². The Kier molecular flexibility index (Phi) is 9.09. The molecule has 1 aliphatic heterocycles. The molecule has 9 heteroatoms. The molecule has 0 atom stereocenters. The van der Waals surface area contributed by atoms with Crippen LogP contribution in [-0.4, -0.2) is 55.8 Å². The Bertz CT molecular complexity index is 1260. The lowest BCUT2D eigenvalue weighted by Gasteiger charge is -2.40. The number of ether oxygens (including phenoxy) is 3. The predicted octanol–water partition coefficient (Wildman–Crippen LogP) is 5.71. The third-order valence-electron chi connectivity index (χ3n) is 7.30. The lowest BCUT2D eigenvalue weighted by Crippen LogP contribution is -2.46. The minimum Gasteiger partial charge on any atom is -0.497 e. The molecule has 4 rings (SSSR count). The van der Waals surface area contributed by atoms with Crippen molar-refractivity contribution < 1.29 is 32.2 Å². The second-order valence-corrected chi connectivity index (χ2v) is 9.59. The molecule has 3 aromatic rings. The third-order valence-corrected chi connectivity index (χ3v) is 7.30. The average Bonchev–Trinajstić information content (AvgIpc) is 2.92. The molecule has 2 aromatic carbocycles. The highest BCUT2D eigenvalue weighted by atomic mass is 19.1. The molecule has 38 heavy (non-hydrogen) atoms. The molecule has 0 radical (unpaired) electrons. The monoisotopic (exact) mass is 530 g/mol. The van der Waals surface area contributed by atoms with Crippen molar-refractivity contribution in [2.24, 2.45) is 5.41 Å². The van der Waals surface area contributed by atoms with E-state index in [1.54, 1.807) is 32.2 Å². The maximum Gasteiger partial charge on any atom is 0.312 e. The molecule has 1 aliphatic rings. The number of fused-ring (bicyclic) bond motifs is 1. The van der Waals surface area contributed by atoms with Crippen molar-refractivity contribution >= 4 is 16.9 Å². The minimum absolute atomic E-state index is 0.114. The number of benzene rings is 2. The van der Waals surface area contributed by atoms with Crippen LogP contribution in [0, 0.1) is 22.9 Å². The summed E-state index contributed by atoms with van der Waals surface area (Å²) in [5.74, 6) is -1.25. The van der Waals surface area contributed by atoms with Crippen molar-refractivity contribution in [1.29, 1.82) is 0 Å². The lowest BCUT2D eigenvalue weighted by molar-refractivity contribution is -0.159.